The summed E-state index contributed by atoms with van der Waals surface area (Å²) in [6, 6.07) is 3.78. The van der Waals surface area contributed by atoms with Gasteiger partial charge in [0.1, 0.15) is 5.58 Å². The Balaban J connectivity index is 2.92. The number of alkyl halides is 1. The molecule has 0 bridgehead atoms. The molecule has 15 heavy (non-hydrogen) atoms. The number of halogens is 1. The lowest BCUT2D eigenvalue weighted by Gasteiger charge is -2.04. The van der Waals surface area contributed by atoms with Crippen molar-refractivity contribution in [3.63, 3.8) is 0 Å². The van der Waals surface area contributed by atoms with Gasteiger partial charge in [-0.3, -0.25) is 4.79 Å². The molecule has 0 atom stereocenters. The first-order chi connectivity index (χ1) is 7.15. The fourth-order valence-electron chi connectivity index (χ4n) is 1.57. The second kappa shape index (κ2) is 3.81. The highest BCUT2D eigenvalue weighted by Crippen LogP contribution is 2.19. The molecule has 0 aliphatic carbocycles. The van der Waals surface area contributed by atoms with Crippen LogP contribution in [0.3, 0.4) is 0 Å². The minimum atomic E-state index is 0.0521. The van der Waals surface area contributed by atoms with Crippen molar-refractivity contribution in [3.05, 3.63) is 45.3 Å². The standard InChI is InChI=1S/C12H11BrO2/c1-7-3-4-10-11(14)9(5-13)6-15-12(10)8(7)2/h3-4,6H,5H2,1-2H3. The van der Waals surface area contributed by atoms with Crippen molar-refractivity contribution in [1.29, 1.82) is 0 Å². The van der Waals surface area contributed by atoms with Crippen LogP contribution in [0.5, 0.6) is 0 Å². The lowest BCUT2D eigenvalue weighted by Crippen LogP contribution is -2.07. The van der Waals surface area contributed by atoms with Crippen LogP contribution in [-0.2, 0) is 5.33 Å². The first-order valence-corrected chi connectivity index (χ1v) is 5.84. The Morgan fingerprint density at radius 3 is 2.73 bits per heavy atom. The average molecular weight is 267 g/mol. The molecule has 1 heterocycles. The van der Waals surface area contributed by atoms with Crippen LogP contribution in [0.1, 0.15) is 16.7 Å². The van der Waals surface area contributed by atoms with Crippen LogP contribution in [0.25, 0.3) is 11.0 Å². The second-order valence-corrected chi connectivity index (χ2v) is 4.17. The topological polar surface area (TPSA) is 30.2 Å². The number of benzene rings is 1. The summed E-state index contributed by atoms with van der Waals surface area (Å²) in [5.74, 6) is 0. The monoisotopic (exact) mass is 266 g/mol. The largest absolute Gasteiger partial charge is 0.463 e. The molecule has 0 fully saturated rings. The molecule has 0 aliphatic rings. The van der Waals surface area contributed by atoms with Gasteiger partial charge in [0.25, 0.3) is 0 Å². The molecule has 0 aliphatic heterocycles. The molecule has 0 saturated carbocycles. The summed E-state index contributed by atoms with van der Waals surface area (Å²) in [5.41, 5.74) is 3.58. The molecule has 0 unspecified atom stereocenters. The first-order valence-electron chi connectivity index (χ1n) is 4.71. The zero-order chi connectivity index (χ0) is 11.0. The number of hydrogen-bond donors (Lipinski definition) is 0. The zero-order valence-corrected chi connectivity index (χ0v) is 10.2. The van der Waals surface area contributed by atoms with Crippen LogP contribution in [0.4, 0.5) is 0 Å². The minimum Gasteiger partial charge on any atom is -0.463 e. The van der Waals surface area contributed by atoms with E-state index in [1.165, 1.54) is 6.26 Å². The van der Waals surface area contributed by atoms with E-state index in [2.05, 4.69) is 15.9 Å². The Morgan fingerprint density at radius 2 is 2.07 bits per heavy atom. The molecule has 0 radical (unpaired) electrons. The molecule has 0 saturated heterocycles. The quantitative estimate of drug-likeness (QED) is 0.742. The molecule has 3 heteroatoms. The third kappa shape index (κ3) is 1.61. The summed E-state index contributed by atoms with van der Waals surface area (Å²) in [5, 5.41) is 1.19. The van der Waals surface area contributed by atoms with Crippen LogP contribution >= 0.6 is 15.9 Å². The lowest BCUT2D eigenvalue weighted by molar-refractivity contribution is 0.594. The number of fused-ring (bicyclic) bond motifs is 1. The van der Waals surface area contributed by atoms with Crippen molar-refractivity contribution >= 4 is 26.9 Å². The van der Waals surface area contributed by atoms with E-state index in [1.807, 2.05) is 26.0 Å². The Labute approximate surface area is 96.0 Å². The molecule has 0 N–H and O–H groups in total. The Morgan fingerprint density at radius 1 is 1.33 bits per heavy atom. The molecular weight excluding hydrogens is 256 g/mol. The van der Waals surface area contributed by atoms with E-state index in [0.29, 0.717) is 21.9 Å². The maximum Gasteiger partial charge on any atom is 0.196 e. The molecule has 2 aromatic rings. The van der Waals surface area contributed by atoms with E-state index in [0.717, 1.165) is 11.1 Å². The van der Waals surface area contributed by atoms with Gasteiger partial charge >= 0.3 is 0 Å². The Hall–Kier alpha value is -1.09. The molecule has 2 rings (SSSR count). The van der Waals surface area contributed by atoms with Crippen molar-refractivity contribution in [2.24, 2.45) is 0 Å². The molecule has 0 amide bonds. The van der Waals surface area contributed by atoms with Gasteiger partial charge in [-0.15, -0.1) is 0 Å². The van der Waals surface area contributed by atoms with Gasteiger partial charge in [0.2, 0.25) is 0 Å². The summed E-state index contributed by atoms with van der Waals surface area (Å²) in [6.07, 6.45) is 1.53. The fourth-order valence-corrected chi connectivity index (χ4v) is 1.96. The highest BCUT2D eigenvalue weighted by Gasteiger charge is 2.08. The van der Waals surface area contributed by atoms with Gasteiger partial charge < -0.3 is 4.42 Å². The predicted molar refractivity (Wildman–Crippen MR) is 64.6 cm³/mol. The Kier molecular flexibility index (Phi) is 2.65. The van der Waals surface area contributed by atoms with Gasteiger partial charge in [0.05, 0.1) is 11.6 Å². The van der Waals surface area contributed by atoms with Gasteiger partial charge in [-0.2, -0.15) is 0 Å². The normalized spacial score (nSPS) is 10.9. The molecule has 1 aromatic heterocycles. The number of aryl methyl sites for hydroxylation is 2. The fraction of sp³-hybridized carbons (Fsp3) is 0.250. The third-order valence-electron chi connectivity index (χ3n) is 2.68. The van der Waals surface area contributed by atoms with E-state index in [1.54, 1.807) is 0 Å². The lowest BCUT2D eigenvalue weighted by atomic mass is 10.1. The average Bonchev–Trinajstić information content (AvgIpc) is 2.24. The van der Waals surface area contributed by atoms with E-state index < -0.39 is 0 Å². The highest BCUT2D eigenvalue weighted by atomic mass is 79.9. The van der Waals surface area contributed by atoms with E-state index in [4.69, 9.17) is 4.42 Å². The summed E-state index contributed by atoms with van der Waals surface area (Å²) in [7, 11) is 0. The van der Waals surface area contributed by atoms with Crippen LogP contribution in [0, 0.1) is 13.8 Å². The third-order valence-corrected chi connectivity index (χ3v) is 3.28. The summed E-state index contributed by atoms with van der Waals surface area (Å²) in [6.45, 7) is 3.97. The van der Waals surface area contributed by atoms with E-state index in [9.17, 15) is 4.79 Å². The first kappa shape index (κ1) is 10.4. The SMILES string of the molecule is Cc1ccc2c(=O)c(CBr)coc2c1C. The number of hydrogen-bond acceptors (Lipinski definition) is 2. The van der Waals surface area contributed by atoms with Crippen LogP contribution in [-0.4, -0.2) is 0 Å². The van der Waals surface area contributed by atoms with Crippen LogP contribution < -0.4 is 5.43 Å². The van der Waals surface area contributed by atoms with Gasteiger partial charge in [-0.05, 0) is 31.0 Å². The van der Waals surface area contributed by atoms with E-state index >= 15 is 0 Å². The van der Waals surface area contributed by atoms with Gasteiger partial charge in [0.15, 0.2) is 5.43 Å². The second-order valence-electron chi connectivity index (χ2n) is 3.61. The van der Waals surface area contributed by atoms with Crippen molar-refractivity contribution in [2.45, 2.75) is 19.2 Å². The molecule has 1 aromatic carbocycles. The van der Waals surface area contributed by atoms with Gasteiger partial charge in [-0.1, -0.05) is 22.0 Å². The van der Waals surface area contributed by atoms with Crippen molar-refractivity contribution < 1.29 is 4.42 Å². The molecular formula is C12H11BrO2. The van der Waals surface area contributed by atoms with Crippen LogP contribution in [0.15, 0.2) is 27.6 Å². The van der Waals surface area contributed by atoms with Crippen molar-refractivity contribution in [1.82, 2.24) is 0 Å². The van der Waals surface area contributed by atoms with Crippen LogP contribution in [0.2, 0.25) is 0 Å². The summed E-state index contributed by atoms with van der Waals surface area (Å²) < 4.78 is 5.50. The summed E-state index contributed by atoms with van der Waals surface area (Å²) in [4.78, 5) is 11.9. The molecule has 2 nitrogen and oxygen atoms in total. The van der Waals surface area contributed by atoms with Gasteiger partial charge in [0, 0.05) is 10.9 Å². The Bertz CT molecular complexity index is 570. The van der Waals surface area contributed by atoms with E-state index in [-0.39, 0.29) is 5.43 Å². The highest BCUT2D eigenvalue weighted by molar-refractivity contribution is 9.08. The number of rotatable bonds is 1. The predicted octanol–water partition coefficient (Wildman–Crippen LogP) is 3.30. The smallest absolute Gasteiger partial charge is 0.196 e. The summed E-state index contributed by atoms with van der Waals surface area (Å²) >= 11 is 3.27. The van der Waals surface area contributed by atoms with Gasteiger partial charge in [-0.25, -0.2) is 0 Å². The maximum absolute atomic E-state index is 11.9. The maximum atomic E-state index is 11.9. The molecule has 78 valence electrons. The van der Waals surface area contributed by atoms with Crippen molar-refractivity contribution in [3.8, 4) is 0 Å². The zero-order valence-electron chi connectivity index (χ0n) is 8.63. The molecule has 0 spiro atoms. The van der Waals surface area contributed by atoms with Crippen molar-refractivity contribution in [2.75, 3.05) is 0 Å². The minimum absolute atomic E-state index is 0.0521.